The van der Waals surface area contributed by atoms with E-state index < -0.39 is 20.2 Å². The molecule has 1 aliphatic heterocycles. The molecule has 0 aliphatic carbocycles. The van der Waals surface area contributed by atoms with Gasteiger partial charge in [0.05, 0.1) is 22.6 Å². The predicted molar refractivity (Wildman–Crippen MR) is 188 cm³/mol. The number of aromatic nitrogens is 1. The van der Waals surface area contributed by atoms with Crippen molar-refractivity contribution in [3.63, 3.8) is 0 Å². The number of hydrogen-bond donors (Lipinski definition) is 2. The smallest absolute Gasteiger partial charge is 0.265 e. The quantitative estimate of drug-likeness (QED) is 0.105. The van der Waals surface area contributed by atoms with Gasteiger partial charge in [0.1, 0.15) is 4.70 Å². The van der Waals surface area contributed by atoms with Crippen LogP contribution in [0.3, 0.4) is 0 Å². The highest BCUT2D eigenvalue weighted by Gasteiger charge is 2.28. The van der Waals surface area contributed by atoms with Crippen molar-refractivity contribution < 1.29 is 35.2 Å². The SMILES string of the molecule is CCC(/C=C1\Oc2ccc(-c3ccccc3)cc2N1CCCS(=O)(=O)O)=C\c1sc2ccc3ccccc3c2[n+]1CCCS(=O)(=O)O. The molecular formula is C35H35N2O7S3+. The Morgan fingerprint density at radius 1 is 0.872 bits per heavy atom. The number of nitrogens with zero attached hydrogens (tertiary/aromatic N) is 2. The van der Waals surface area contributed by atoms with Crippen LogP contribution in [-0.4, -0.2) is 44.0 Å². The summed E-state index contributed by atoms with van der Waals surface area (Å²) in [6, 6.07) is 28.1. The lowest BCUT2D eigenvalue weighted by Crippen LogP contribution is -2.36. The third-order valence-electron chi connectivity index (χ3n) is 8.05. The van der Waals surface area contributed by atoms with Gasteiger partial charge in [-0.25, -0.2) is 0 Å². The standard InChI is InChI=1S/C35H34N2O7S3/c1-2-25(23-34-37(19-9-21-47(41,42)43)35-29-13-7-6-12-27(29)15-17-32(35)45-34)22-33-36(18-8-20-46(38,39)40)30-24-28(14-16-31(30)44-33)26-10-4-3-5-11-26/h3-7,10-17,22-24H,2,8-9,18-21H2,1H3,(H-,38,39,40,41,42,43)/p+1. The molecule has 244 valence electrons. The van der Waals surface area contributed by atoms with Gasteiger partial charge in [-0.1, -0.05) is 78.9 Å². The minimum Gasteiger partial charge on any atom is -0.439 e. The van der Waals surface area contributed by atoms with Crippen LogP contribution in [0.2, 0.25) is 0 Å². The molecule has 0 radical (unpaired) electrons. The van der Waals surface area contributed by atoms with Crippen molar-refractivity contribution in [3.05, 3.63) is 107 Å². The van der Waals surface area contributed by atoms with Crippen LogP contribution < -0.4 is 14.2 Å². The summed E-state index contributed by atoms with van der Waals surface area (Å²) in [5.41, 5.74) is 4.77. The largest absolute Gasteiger partial charge is 0.439 e. The van der Waals surface area contributed by atoms with Crippen molar-refractivity contribution >= 4 is 64.3 Å². The summed E-state index contributed by atoms with van der Waals surface area (Å²) in [5.74, 6) is 0.469. The van der Waals surface area contributed by atoms with E-state index in [4.69, 9.17) is 4.74 Å². The maximum Gasteiger partial charge on any atom is 0.265 e. The molecule has 47 heavy (non-hydrogen) atoms. The zero-order valence-electron chi connectivity index (χ0n) is 25.7. The maximum atomic E-state index is 11.6. The van der Waals surface area contributed by atoms with E-state index in [2.05, 4.69) is 28.8 Å². The summed E-state index contributed by atoms with van der Waals surface area (Å²) in [6.45, 7) is 2.73. The Morgan fingerprint density at radius 2 is 1.60 bits per heavy atom. The fourth-order valence-electron chi connectivity index (χ4n) is 5.83. The second kappa shape index (κ2) is 13.6. The molecule has 4 aromatic carbocycles. The highest BCUT2D eigenvalue weighted by molar-refractivity contribution is 7.86. The number of anilines is 1. The summed E-state index contributed by atoms with van der Waals surface area (Å²) >= 11 is 1.60. The van der Waals surface area contributed by atoms with E-state index in [-0.39, 0.29) is 24.3 Å². The van der Waals surface area contributed by atoms with Crippen LogP contribution in [0.15, 0.2) is 102 Å². The number of ether oxygens (including phenoxy) is 1. The van der Waals surface area contributed by atoms with Gasteiger partial charge in [0.15, 0.2) is 12.3 Å². The molecule has 2 heterocycles. The molecule has 5 aromatic rings. The zero-order chi connectivity index (χ0) is 33.2. The van der Waals surface area contributed by atoms with Crippen molar-refractivity contribution in [2.45, 2.75) is 32.7 Å². The van der Waals surface area contributed by atoms with Crippen LogP contribution in [0.4, 0.5) is 5.69 Å². The number of hydrogen-bond acceptors (Lipinski definition) is 7. The van der Waals surface area contributed by atoms with Gasteiger partial charge < -0.3 is 9.64 Å². The Labute approximate surface area is 278 Å². The predicted octanol–water partition coefficient (Wildman–Crippen LogP) is 7.10. The van der Waals surface area contributed by atoms with Crippen molar-refractivity contribution in [2.75, 3.05) is 23.0 Å². The average molecular weight is 692 g/mol. The first-order valence-electron chi connectivity index (χ1n) is 15.3. The van der Waals surface area contributed by atoms with E-state index in [9.17, 15) is 25.9 Å². The van der Waals surface area contributed by atoms with Crippen LogP contribution in [-0.2, 0) is 26.8 Å². The second-order valence-corrected chi connectivity index (χ2v) is 15.6. The molecule has 6 rings (SSSR count). The lowest BCUT2D eigenvalue weighted by atomic mass is 10.0. The van der Waals surface area contributed by atoms with Gasteiger partial charge in [-0.05, 0) is 59.2 Å². The first-order valence-corrected chi connectivity index (χ1v) is 19.3. The molecular weight excluding hydrogens is 657 g/mol. The van der Waals surface area contributed by atoms with Crippen molar-refractivity contribution in [3.8, 4) is 16.9 Å². The second-order valence-electron chi connectivity index (χ2n) is 11.4. The normalized spacial score (nSPS) is 14.7. The highest BCUT2D eigenvalue weighted by Crippen LogP contribution is 2.42. The molecule has 0 unspecified atom stereocenters. The molecule has 0 amide bonds. The van der Waals surface area contributed by atoms with Crippen LogP contribution in [0.1, 0.15) is 31.2 Å². The topological polar surface area (TPSA) is 125 Å². The molecule has 1 aromatic heterocycles. The van der Waals surface area contributed by atoms with Gasteiger partial charge in [0.25, 0.3) is 25.2 Å². The third kappa shape index (κ3) is 7.74. The Morgan fingerprint density at radius 3 is 2.34 bits per heavy atom. The number of allylic oxidation sites excluding steroid dienone is 2. The summed E-state index contributed by atoms with van der Waals surface area (Å²) in [6.07, 6.45) is 5.10. The molecule has 0 atom stereocenters. The van der Waals surface area contributed by atoms with E-state index in [1.807, 2.05) is 84.6 Å². The molecule has 0 bridgehead atoms. The van der Waals surface area contributed by atoms with E-state index in [0.717, 1.165) is 48.4 Å². The van der Waals surface area contributed by atoms with Crippen LogP contribution in [0, 0.1) is 0 Å². The monoisotopic (exact) mass is 691 g/mol. The first-order chi connectivity index (χ1) is 22.5. The Bertz CT molecular complexity index is 2230. The molecule has 1 aliphatic rings. The lowest BCUT2D eigenvalue weighted by molar-refractivity contribution is -0.667. The fraction of sp³-hybridized carbons (Fsp3) is 0.229. The zero-order valence-corrected chi connectivity index (χ0v) is 28.2. The van der Waals surface area contributed by atoms with Crippen molar-refractivity contribution in [1.82, 2.24) is 0 Å². The lowest BCUT2D eigenvalue weighted by Gasteiger charge is -2.19. The summed E-state index contributed by atoms with van der Waals surface area (Å²) in [4.78, 5) is 1.94. The van der Waals surface area contributed by atoms with Crippen LogP contribution >= 0.6 is 11.3 Å². The van der Waals surface area contributed by atoms with E-state index in [1.54, 1.807) is 11.3 Å². The molecule has 0 fully saturated rings. The van der Waals surface area contributed by atoms with Crippen LogP contribution in [0.25, 0.3) is 38.2 Å². The van der Waals surface area contributed by atoms with E-state index in [1.165, 1.54) is 0 Å². The molecule has 9 nitrogen and oxygen atoms in total. The Hall–Kier alpha value is -4.07. The highest BCUT2D eigenvalue weighted by atomic mass is 32.2. The van der Waals surface area contributed by atoms with E-state index >= 15 is 0 Å². The van der Waals surface area contributed by atoms with Crippen molar-refractivity contribution in [1.29, 1.82) is 0 Å². The van der Waals surface area contributed by atoms with Gasteiger partial charge in [0.2, 0.25) is 11.4 Å². The number of thiazole rings is 1. The molecule has 2 N–H and O–H groups in total. The maximum absolute atomic E-state index is 11.6. The van der Waals surface area contributed by atoms with Gasteiger partial charge in [-0.3, -0.25) is 9.11 Å². The molecule has 12 heteroatoms. The van der Waals surface area contributed by atoms with Crippen molar-refractivity contribution in [2.24, 2.45) is 0 Å². The Balaban J connectivity index is 1.41. The summed E-state index contributed by atoms with van der Waals surface area (Å²) < 4.78 is 74.5. The molecule has 0 saturated heterocycles. The average Bonchev–Trinajstić information content (AvgIpc) is 3.56. The van der Waals surface area contributed by atoms with E-state index in [0.29, 0.717) is 31.1 Å². The number of benzene rings is 4. The summed E-state index contributed by atoms with van der Waals surface area (Å²) in [5, 5.41) is 3.04. The van der Waals surface area contributed by atoms with Gasteiger partial charge in [-0.15, -0.1) is 0 Å². The van der Waals surface area contributed by atoms with Gasteiger partial charge >= 0.3 is 0 Å². The van der Waals surface area contributed by atoms with Gasteiger partial charge in [0, 0.05) is 25.1 Å². The van der Waals surface area contributed by atoms with Crippen LogP contribution in [0.5, 0.6) is 5.75 Å². The number of fused-ring (bicyclic) bond motifs is 4. The van der Waals surface area contributed by atoms with Gasteiger partial charge in [-0.2, -0.15) is 21.4 Å². The summed E-state index contributed by atoms with van der Waals surface area (Å²) in [7, 11) is -8.24. The fourth-order valence-corrected chi connectivity index (χ4v) is 7.99. The molecule has 0 spiro atoms. The molecule has 0 saturated carbocycles. The first kappa shape index (κ1) is 32.9. The third-order valence-corrected chi connectivity index (χ3v) is 10.8. The Kier molecular flexibility index (Phi) is 9.49. The number of rotatable bonds is 12. The minimum absolute atomic E-state index is 0.191. The number of aryl methyl sites for hydroxylation is 1. The minimum atomic E-state index is -4.13.